The third-order valence-electron chi connectivity index (χ3n) is 3.56. The summed E-state index contributed by atoms with van der Waals surface area (Å²) in [5, 5.41) is 21.3. The standard InChI is InChI=1S/C18H16N4OS/c19-9-15-10-21-18(11-20-15)22(12-14-5-2-1-3-6-14)13-16(23)17-7-4-8-24-17/h1-8,10-11,16,23H,12-13H2/t16-/m0/s1. The second-order valence-electron chi connectivity index (χ2n) is 5.27. The molecular weight excluding hydrogens is 320 g/mol. The lowest BCUT2D eigenvalue weighted by molar-refractivity contribution is 0.186. The molecule has 0 saturated heterocycles. The predicted molar refractivity (Wildman–Crippen MR) is 93.5 cm³/mol. The Morgan fingerprint density at radius 3 is 2.58 bits per heavy atom. The Bertz CT molecular complexity index is 797. The summed E-state index contributed by atoms with van der Waals surface area (Å²) < 4.78 is 0. The van der Waals surface area contributed by atoms with Crippen molar-refractivity contribution in [2.75, 3.05) is 11.4 Å². The van der Waals surface area contributed by atoms with E-state index in [1.54, 1.807) is 6.20 Å². The second-order valence-corrected chi connectivity index (χ2v) is 6.25. The van der Waals surface area contributed by atoms with E-state index in [4.69, 9.17) is 5.26 Å². The summed E-state index contributed by atoms with van der Waals surface area (Å²) in [6, 6.07) is 15.8. The molecule has 24 heavy (non-hydrogen) atoms. The first-order chi connectivity index (χ1) is 11.8. The normalized spacial score (nSPS) is 11.7. The van der Waals surface area contributed by atoms with E-state index in [-0.39, 0.29) is 5.69 Å². The summed E-state index contributed by atoms with van der Waals surface area (Å²) in [5.74, 6) is 0.633. The highest BCUT2D eigenvalue weighted by molar-refractivity contribution is 7.10. The number of aliphatic hydroxyl groups excluding tert-OH is 1. The molecule has 120 valence electrons. The number of rotatable bonds is 6. The Morgan fingerprint density at radius 1 is 1.12 bits per heavy atom. The van der Waals surface area contributed by atoms with Crippen LogP contribution in [0.5, 0.6) is 0 Å². The fourth-order valence-electron chi connectivity index (χ4n) is 2.36. The van der Waals surface area contributed by atoms with Crippen molar-refractivity contribution >= 4 is 17.2 Å². The summed E-state index contributed by atoms with van der Waals surface area (Å²) in [5.41, 5.74) is 1.39. The van der Waals surface area contributed by atoms with Crippen LogP contribution in [-0.4, -0.2) is 21.6 Å². The molecule has 0 aliphatic carbocycles. The van der Waals surface area contributed by atoms with Crippen LogP contribution in [0.4, 0.5) is 5.82 Å². The molecule has 3 rings (SSSR count). The average Bonchev–Trinajstić information content (AvgIpc) is 3.17. The zero-order chi connectivity index (χ0) is 16.8. The third-order valence-corrected chi connectivity index (χ3v) is 4.53. The number of thiophene rings is 1. The maximum Gasteiger partial charge on any atom is 0.158 e. The molecule has 0 radical (unpaired) electrons. The molecule has 3 aromatic rings. The number of aromatic nitrogens is 2. The van der Waals surface area contributed by atoms with Crippen molar-refractivity contribution in [1.29, 1.82) is 5.26 Å². The Balaban J connectivity index is 1.83. The molecule has 0 spiro atoms. The number of aliphatic hydroxyl groups is 1. The maximum atomic E-state index is 10.5. The molecular formula is C18H16N4OS. The van der Waals surface area contributed by atoms with Crippen molar-refractivity contribution in [2.45, 2.75) is 12.6 Å². The first-order valence-corrected chi connectivity index (χ1v) is 8.36. The summed E-state index contributed by atoms with van der Waals surface area (Å²) >= 11 is 1.52. The van der Waals surface area contributed by atoms with Gasteiger partial charge in [0.2, 0.25) is 0 Å². The highest BCUT2D eigenvalue weighted by Gasteiger charge is 2.17. The van der Waals surface area contributed by atoms with Crippen molar-refractivity contribution in [2.24, 2.45) is 0 Å². The van der Waals surface area contributed by atoms with E-state index in [0.29, 0.717) is 18.9 Å². The minimum Gasteiger partial charge on any atom is -0.386 e. The van der Waals surface area contributed by atoms with Crippen molar-refractivity contribution in [3.8, 4) is 6.07 Å². The fourth-order valence-corrected chi connectivity index (χ4v) is 3.07. The van der Waals surface area contributed by atoms with E-state index < -0.39 is 6.10 Å². The van der Waals surface area contributed by atoms with Crippen molar-refractivity contribution in [1.82, 2.24) is 9.97 Å². The summed E-state index contributed by atoms with van der Waals surface area (Å²) in [6.07, 6.45) is 2.42. The fraction of sp³-hybridized carbons (Fsp3) is 0.167. The molecule has 0 bridgehead atoms. The SMILES string of the molecule is N#Cc1cnc(N(Cc2ccccc2)C[C@H](O)c2cccs2)cn1. The van der Waals surface area contributed by atoms with Crippen LogP contribution in [0.15, 0.2) is 60.2 Å². The van der Waals surface area contributed by atoms with Gasteiger partial charge in [0.15, 0.2) is 5.69 Å². The number of hydrogen-bond acceptors (Lipinski definition) is 6. The van der Waals surface area contributed by atoms with E-state index in [2.05, 4.69) is 9.97 Å². The van der Waals surface area contributed by atoms with Gasteiger partial charge in [-0.25, -0.2) is 9.97 Å². The molecule has 2 heterocycles. The van der Waals surface area contributed by atoms with Gasteiger partial charge in [0.25, 0.3) is 0 Å². The highest BCUT2D eigenvalue weighted by Crippen LogP contribution is 2.23. The molecule has 0 saturated carbocycles. The lowest BCUT2D eigenvalue weighted by Crippen LogP contribution is -2.29. The molecule has 0 unspecified atom stereocenters. The molecule has 2 aromatic heterocycles. The predicted octanol–water partition coefficient (Wildman–Crippen LogP) is 3.15. The van der Waals surface area contributed by atoms with E-state index in [1.807, 2.05) is 58.8 Å². The number of nitrogens with zero attached hydrogens (tertiary/aromatic N) is 4. The van der Waals surface area contributed by atoms with E-state index >= 15 is 0 Å². The summed E-state index contributed by atoms with van der Waals surface area (Å²) in [6.45, 7) is 1.000. The average molecular weight is 336 g/mol. The minimum atomic E-state index is -0.605. The van der Waals surface area contributed by atoms with Crippen LogP contribution in [0.2, 0.25) is 0 Å². The van der Waals surface area contributed by atoms with Crippen molar-refractivity contribution in [3.63, 3.8) is 0 Å². The van der Waals surface area contributed by atoms with Crippen LogP contribution in [0.25, 0.3) is 0 Å². The van der Waals surface area contributed by atoms with Gasteiger partial charge in [0.1, 0.15) is 18.0 Å². The molecule has 0 aliphatic rings. The first kappa shape index (κ1) is 16.1. The van der Waals surface area contributed by atoms with Gasteiger partial charge < -0.3 is 10.0 Å². The highest BCUT2D eigenvalue weighted by atomic mass is 32.1. The summed E-state index contributed by atoms with van der Waals surface area (Å²) in [4.78, 5) is 11.3. The number of anilines is 1. The Morgan fingerprint density at radius 2 is 1.96 bits per heavy atom. The zero-order valence-corrected chi connectivity index (χ0v) is 13.7. The number of benzene rings is 1. The van der Waals surface area contributed by atoms with E-state index in [9.17, 15) is 5.11 Å². The van der Waals surface area contributed by atoms with Gasteiger partial charge in [-0.3, -0.25) is 0 Å². The lowest BCUT2D eigenvalue weighted by Gasteiger charge is -2.25. The molecule has 0 amide bonds. The second kappa shape index (κ2) is 7.68. The molecule has 6 heteroatoms. The smallest absolute Gasteiger partial charge is 0.158 e. The van der Waals surface area contributed by atoms with Crippen molar-refractivity contribution < 1.29 is 5.11 Å². The van der Waals surface area contributed by atoms with Crippen LogP contribution < -0.4 is 4.90 Å². The Kier molecular flexibility index (Phi) is 5.16. The van der Waals surface area contributed by atoms with Gasteiger partial charge in [-0.1, -0.05) is 36.4 Å². The minimum absolute atomic E-state index is 0.275. The maximum absolute atomic E-state index is 10.5. The van der Waals surface area contributed by atoms with E-state index in [0.717, 1.165) is 10.4 Å². The molecule has 0 aliphatic heterocycles. The van der Waals surface area contributed by atoms with Crippen LogP contribution in [0, 0.1) is 11.3 Å². The zero-order valence-electron chi connectivity index (χ0n) is 12.9. The van der Waals surface area contributed by atoms with Crippen molar-refractivity contribution in [3.05, 3.63) is 76.4 Å². The topological polar surface area (TPSA) is 73.0 Å². The largest absolute Gasteiger partial charge is 0.386 e. The third kappa shape index (κ3) is 3.96. The molecule has 0 fully saturated rings. The van der Waals surface area contributed by atoms with Crippen LogP contribution in [0.3, 0.4) is 0 Å². The monoisotopic (exact) mass is 336 g/mol. The molecule has 1 N–H and O–H groups in total. The van der Waals surface area contributed by atoms with Gasteiger partial charge in [-0.2, -0.15) is 5.26 Å². The van der Waals surface area contributed by atoms with Crippen LogP contribution in [0.1, 0.15) is 22.2 Å². The van der Waals surface area contributed by atoms with Gasteiger partial charge >= 0.3 is 0 Å². The van der Waals surface area contributed by atoms with Gasteiger partial charge in [0, 0.05) is 11.4 Å². The van der Waals surface area contributed by atoms with E-state index in [1.165, 1.54) is 17.5 Å². The summed E-state index contributed by atoms with van der Waals surface area (Å²) in [7, 11) is 0. The van der Waals surface area contributed by atoms with Crippen LogP contribution >= 0.6 is 11.3 Å². The van der Waals surface area contributed by atoms with Gasteiger partial charge in [-0.15, -0.1) is 11.3 Å². The molecule has 1 aromatic carbocycles. The Hall–Kier alpha value is -2.75. The number of nitriles is 1. The lowest BCUT2D eigenvalue weighted by atomic mass is 10.2. The van der Waals surface area contributed by atoms with Gasteiger partial charge in [-0.05, 0) is 17.0 Å². The molecule has 1 atom stereocenters. The molecule has 5 nitrogen and oxygen atoms in total. The quantitative estimate of drug-likeness (QED) is 0.748. The van der Waals surface area contributed by atoms with Gasteiger partial charge in [0.05, 0.1) is 18.9 Å². The number of hydrogen-bond donors (Lipinski definition) is 1. The Labute approximate surface area is 144 Å². The van der Waals surface area contributed by atoms with Crippen LogP contribution in [-0.2, 0) is 6.54 Å². The first-order valence-electron chi connectivity index (χ1n) is 7.49.